The molecule has 1 fully saturated rings. The van der Waals surface area contributed by atoms with Gasteiger partial charge in [0.1, 0.15) is 5.54 Å². The Hall–Kier alpha value is -2.94. The summed E-state index contributed by atoms with van der Waals surface area (Å²) >= 11 is 0. The Balaban J connectivity index is 2.02. The highest BCUT2D eigenvalue weighted by Crippen LogP contribution is 2.31. The maximum Gasteiger partial charge on any atom is 0.344 e. The van der Waals surface area contributed by atoms with Crippen LogP contribution in [0.2, 0.25) is 0 Å². The molecule has 5 amide bonds. The van der Waals surface area contributed by atoms with Gasteiger partial charge in [-0.2, -0.15) is 5.01 Å². The summed E-state index contributed by atoms with van der Waals surface area (Å²) in [6.07, 6.45) is 0.337. The highest BCUT2D eigenvalue weighted by atomic mass is 16.2. The molecule has 3 N–H and O–H groups in total. The van der Waals surface area contributed by atoms with Crippen molar-refractivity contribution in [2.45, 2.75) is 38.8 Å². The van der Waals surface area contributed by atoms with Gasteiger partial charge in [0.15, 0.2) is 0 Å². The van der Waals surface area contributed by atoms with Gasteiger partial charge in [0.05, 0.1) is 13.1 Å². The third-order valence-corrected chi connectivity index (χ3v) is 4.40. The Labute approximate surface area is 164 Å². The van der Waals surface area contributed by atoms with Gasteiger partial charge in [-0.15, -0.1) is 0 Å². The normalized spacial score (nSPS) is 19.1. The van der Waals surface area contributed by atoms with Crippen LogP contribution in [0.3, 0.4) is 0 Å². The zero-order valence-electron chi connectivity index (χ0n) is 16.6. The van der Waals surface area contributed by atoms with Gasteiger partial charge < -0.3 is 10.6 Å². The fraction of sp³-hybridized carbons (Fsp3) is 0.474. The lowest BCUT2D eigenvalue weighted by Gasteiger charge is -2.25. The molecule has 1 saturated heterocycles. The van der Waals surface area contributed by atoms with Gasteiger partial charge in [-0.1, -0.05) is 37.3 Å². The van der Waals surface area contributed by atoms with Crippen molar-refractivity contribution in [3.63, 3.8) is 0 Å². The van der Waals surface area contributed by atoms with Crippen LogP contribution >= 0.6 is 0 Å². The van der Waals surface area contributed by atoms with E-state index in [-0.39, 0.29) is 25.0 Å². The first-order valence-electron chi connectivity index (χ1n) is 9.19. The quantitative estimate of drug-likeness (QED) is 0.555. The number of hydrogen-bond donors (Lipinski definition) is 3. The van der Waals surface area contributed by atoms with Crippen LogP contribution in [0.5, 0.6) is 0 Å². The molecule has 0 aliphatic carbocycles. The number of amides is 5. The van der Waals surface area contributed by atoms with Crippen LogP contribution in [-0.4, -0.2) is 59.8 Å². The van der Waals surface area contributed by atoms with Crippen molar-refractivity contribution in [1.29, 1.82) is 0 Å². The average molecular weight is 389 g/mol. The first kappa shape index (κ1) is 21.4. The minimum atomic E-state index is -1.21. The standard InChI is InChI=1S/C19H27N5O4/c1-5-19(14-9-7-6-8-10-14)17(27)24(18(28)21-19)22-16(26)12-23(4)11-15(25)20-13(2)3/h6-10,13H,5,11-12H2,1-4H3,(H,20,25)(H,21,28)(H,22,26)/t19-/m0/s1. The van der Waals surface area contributed by atoms with E-state index in [2.05, 4.69) is 16.1 Å². The molecule has 0 aromatic heterocycles. The molecule has 1 heterocycles. The number of nitrogens with one attached hydrogen (secondary N) is 3. The lowest BCUT2D eigenvalue weighted by molar-refractivity contribution is -0.140. The molecule has 0 spiro atoms. The molecule has 9 nitrogen and oxygen atoms in total. The highest BCUT2D eigenvalue weighted by Gasteiger charge is 2.52. The van der Waals surface area contributed by atoms with Crippen molar-refractivity contribution in [2.75, 3.05) is 20.1 Å². The van der Waals surface area contributed by atoms with E-state index in [9.17, 15) is 19.2 Å². The maximum atomic E-state index is 12.9. The highest BCUT2D eigenvalue weighted by molar-refractivity contribution is 6.08. The molecule has 2 rings (SSSR count). The predicted octanol–water partition coefficient (Wildman–Crippen LogP) is 0.331. The Bertz CT molecular complexity index is 752. The fourth-order valence-corrected chi connectivity index (χ4v) is 3.11. The first-order valence-corrected chi connectivity index (χ1v) is 9.19. The van der Waals surface area contributed by atoms with E-state index < -0.39 is 23.4 Å². The first-order chi connectivity index (χ1) is 13.2. The summed E-state index contributed by atoms with van der Waals surface area (Å²) in [7, 11) is 1.60. The van der Waals surface area contributed by atoms with E-state index in [1.165, 1.54) is 4.90 Å². The second-order valence-corrected chi connectivity index (χ2v) is 7.13. The molecule has 0 unspecified atom stereocenters. The third-order valence-electron chi connectivity index (χ3n) is 4.40. The van der Waals surface area contributed by atoms with Crippen LogP contribution in [0, 0.1) is 0 Å². The average Bonchev–Trinajstić information content (AvgIpc) is 2.86. The van der Waals surface area contributed by atoms with Gasteiger partial charge in [-0.05, 0) is 32.9 Å². The van der Waals surface area contributed by atoms with Crippen molar-refractivity contribution < 1.29 is 19.2 Å². The van der Waals surface area contributed by atoms with Crippen molar-refractivity contribution >= 4 is 23.8 Å². The Morgan fingerprint density at radius 3 is 2.32 bits per heavy atom. The van der Waals surface area contributed by atoms with Crippen molar-refractivity contribution in [3.8, 4) is 0 Å². The number of carbonyl (C=O) groups excluding carboxylic acids is 4. The lowest BCUT2D eigenvalue weighted by atomic mass is 9.87. The fourth-order valence-electron chi connectivity index (χ4n) is 3.11. The zero-order valence-corrected chi connectivity index (χ0v) is 16.6. The second-order valence-electron chi connectivity index (χ2n) is 7.13. The predicted molar refractivity (Wildman–Crippen MR) is 103 cm³/mol. The molecule has 28 heavy (non-hydrogen) atoms. The minimum absolute atomic E-state index is 0.000738. The number of nitrogens with zero attached hydrogens (tertiary/aromatic N) is 2. The topological polar surface area (TPSA) is 111 Å². The van der Waals surface area contributed by atoms with Gasteiger partial charge in [-0.25, -0.2) is 4.79 Å². The molecule has 1 aromatic carbocycles. The van der Waals surface area contributed by atoms with Gasteiger partial charge in [0, 0.05) is 6.04 Å². The van der Waals surface area contributed by atoms with E-state index in [1.807, 2.05) is 19.9 Å². The Kier molecular flexibility index (Phi) is 6.74. The summed E-state index contributed by atoms with van der Waals surface area (Å²) in [6, 6.07) is 8.21. The van der Waals surface area contributed by atoms with Gasteiger partial charge in [0.2, 0.25) is 5.91 Å². The summed E-state index contributed by atoms with van der Waals surface area (Å²) in [5.74, 6) is -1.32. The number of urea groups is 1. The molecule has 0 saturated carbocycles. The molecule has 1 aliphatic heterocycles. The number of likely N-dealkylation sites (N-methyl/N-ethyl adjacent to an activating group) is 1. The minimum Gasteiger partial charge on any atom is -0.353 e. The zero-order chi connectivity index (χ0) is 20.9. The molecular weight excluding hydrogens is 362 g/mol. The number of hydrazine groups is 1. The van der Waals surface area contributed by atoms with Crippen LogP contribution in [0.25, 0.3) is 0 Å². The van der Waals surface area contributed by atoms with Crippen molar-refractivity contribution in [3.05, 3.63) is 35.9 Å². The monoisotopic (exact) mass is 389 g/mol. The third kappa shape index (κ3) is 4.66. The molecular formula is C19H27N5O4. The summed E-state index contributed by atoms with van der Waals surface area (Å²) in [5, 5.41) is 6.13. The number of carbonyl (C=O) groups is 4. The summed E-state index contributed by atoms with van der Waals surface area (Å²) in [6.45, 7) is 5.35. The SMILES string of the molecule is CC[C@@]1(c2ccccc2)NC(=O)N(NC(=O)CN(C)CC(=O)NC(C)C)C1=O. The van der Waals surface area contributed by atoms with Crippen LogP contribution in [0.15, 0.2) is 30.3 Å². The Morgan fingerprint density at radius 1 is 1.14 bits per heavy atom. The van der Waals surface area contributed by atoms with Crippen LogP contribution in [0.1, 0.15) is 32.8 Å². The van der Waals surface area contributed by atoms with Crippen LogP contribution in [0.4, 0.5) is 4.79 Å². The number of benzene rings is 1. The summed E-state index contributed by atoms with van der Waals surface area (Å²) in [5.41, 5.74) is 1.78. The van der Waals surface area contributed by atoms with Crippen LogP contribution < -0.4 is 16.1 Å². The number of hydrogen-bond acceptors (Lipinski definition) is 5. The van der Waals surface area contributed by atoms with Crippen LogP contribution in [-0.2, 0) is 19.9 Å². The molecule has 9 heteroatoms. The van der Waals surface area contributed by atoms with Crippen molar-refractivity contribution in [1.82, 2.24) is 26.0 Å². The number of imide groups is 1. The van der Waals surface area contributed by atoms with E-state index in [4.69, 9.17) is 0 Å². The summed E-state index contributed by atoms with van der Waals surface area (Å²) < 4.78 is 0. The van der Waals surface area contributed by atoms with E-state index in [0.717, 1.165) is 0 Å². The molecule has 1 aromatic rings. The Morgan fingerprint density at radius 2 is 1.75 bits per heavy atom. The lowest BCUT2D eigenvalue weighted by Crippen LogP contribution is -2.51. The molecule has 152 valence electrons. The largest absolute Gasteiger partial charge is 0.353 e. The second kappa shape index (κ2) is 8.83. The van der Waals surface area contributed by atoms with Crippen molar-refractivity contribution in [2.24, 2.45) is 0 Å². The van der Waals surface area contributed by atoms with Gasteiger partial charge >= 0.3 is 6.03 Å². The molecule has 1 atom stereocenters. The smallest absolute Gasteiger partial charge is 0.344 e. The van der Waals surface area contributed by atoms with E-state index in [0.29, 0.717) is 17.0 Å². The molecule has 0 radical (unpaired) electrons. The maximum absolute atomic E-state index is 12.9. The summed E-state index contributed by atoms with van der Waals surface area (Å²) in [4.78, 5) is 50.8. The molecule has 1 aliphatic rings. The molecule has 0 bridgehead atoms. The number of rotatable bonds is 8. The van der Waals surface area contributed by atoms with E-state index >= 15 is 0 Å². The van der Waals surface area contributed by atoms with Gasteiger partial charge in [0.25, 0.3) is 11.8 Å². The van der Waals surface area contributed by atoms with E-state index in [1.54, 1.807) is 38.2 Å². The van der Waals surface area contributed by atoms with Gasteiger partial charge in [-0.3, -0.25) is 24.7 Å².